The number of fused-ring (bicyclic) bond motifs is 2. The lowest BCUT2D eigenvalue weighted by Gasteiger charge is -2.25. The Kier molecular flexibility index (Phi) is 2.03. The van der Waals surface area contributed by atoms with Gasteiger partial charge in [-0.05, 0) is 12.8 Å². The Bertz CT molecular complexity index is 319. The fourth-order valence-corrected chi connectivity index (χ4v) is 3.73. The predicted octanol–water partition coefficient (Wildman–Crippen LogP) is 1.71. The van der Waals surface area contributed by atoms with E-state index in [1.807, 2.05) is 0 Å². The lowest BCUT2D eigenvalue weighted by molar-refractivity contribution is 0.188. The van der Waals surface area contributed by atoms with Crippen LogP contribution in [-0.2, 0) is 9.47 Å². The molecule has 3 aliphatic rings. The highest BCUT2D eigenvalue weighted by atomic mass is 31.1. The highest BCUT2D eigenvalue weighted by Gasteiger charge is 2.46. The average molecular weight is 228 g/mol. The molecule has 0 radical (unpaired) electrons. The number of rotatable bonds is 1. The summed E-state index contributed by atoms with van der Waals surface area (Å²) in [5, 5.41) is 0. The third-order valence-corrected chi connectivity index (χ3v) is 4.84. The molecule has 0 saturated carbocycles. The maximum Gasteiger partial charge on any atom is 0.257 e. The van der Waals surface area contributed by atoms with Gasteiger partial charge in [-0.15, -0.1) is 0 Å². The van der Waals surface area contributed by atoms with Crippen molar-refractivity contribution in [3.8, 4) is 0 Å². The van der Waals surface area contributed by atoms with Gasteiger partial charge in [0.25, 0.3) is 11.8 Å². The second-order valence-electron chi connectivity index (χ2n) is 4.73. The van der Waals surface area contributed by atoms with Gasteiger partial charge in [-0.1, -0.05) is 13.8 Å². The molecule has 2 fully saturated rings. The van der Waals surface area contributed by atoms with Crippen molar-refractivity contribution in [1.29, 1.82) is 0 Å². The first-order valence-corrected chi connectivity index (χ1v) is 6.42. The van der Waals surface area contributed by atoms with E-state index in [0.29, 0.717) is 26.9 Å². The zero-order valence-electron chi connectivity index (χ0n) is 9.36. The van der Waals surface area contributed by atoms with E-state index < -0.39 is 0 Å². The van der Waals surface area contributed by atoms with E-state index in [2.05, 4.69) is 30.1 Å². The van der Waals surface area contributed by atoms with Crippen LogP contribution in [-0.4, -0.2) is 34.6 Å². The van der Waals surface area contributed by atoms with Crippen molar-refractivity contribution in [2.45, 2.75) is 32.9 Å². The molecule has 0 spiro atoms. The van der Waals surface area contributed by atoms with E-state index in [4.69, 9.17) is 9.47 Å². The van der Waals surface area contributed by atoms with Crippen molar-refractivity contribution >= 4 is 8.88 Å². The first-order chi connectivity index (χ1) is 7.18. The molecule has 4 nitrogen and oxygen atoms in total. The molecule has 3 heterocycles. The molecule has 0 aromatic heterocycles. The smallest absolute Gasteiger partial charge is 0.257 e. The monoisotopic (exact) mass is 228 g/mol. The van der Waals surface area contributed by atoms with E-state index in [0.717, 1.165) is 25.0 Å². The van der Waals surface area contributed by atoms with Crippen molar-refractivity contribution < 1.29 is 9.47 Å². The van der Waals surface area contributed by atoms with Crippen LogP contribution in [0.4, 0.5) is 0 Å². The minimum Gasteiger partial charge on any atom is -0.473 e. The Balaban J connectivity index is 1.89. The minimum absolute atomic E-state index is 0.493. The van der Waals surface area contributed by atoms with Gasteiger partial charge in [0.05, 0.1) is 21.0 Å². The summed E-state index contributed by atoms with van der Waals surface area (Å²) in [4.78, 5) is 0. The van der Waals surface area contributed by atoms with Gasteiger partial charge >= 0.3 is 0 Å². The summed E-state index contributed by atoms with van der Waals surface area (Å²) >= 11 is 0. The molecule has 84 valence electrons. The molecular formula is C10H17N2O2P. The molecule has 0 N–H and O–H groups in total. The maximum atomic E-state index is 5.76. The highest BCUT2D eigenvalue weighted by Crippen LogP contribution is 2.51. The molecule has 2 saturated heterocycles. The molecule has 0 bridgehead atoms. The second kappa shape index (κ2) is 3.18. The summed E-state index contributed by atoms with van der Waals surface area (Å²) in [6.45, 7) is 8.32. The molecule has 0 amide bonds. The first kappa shape index (κ1) is 9.59. The van der Waals surface area contributed by atoms with Crippen molar-refractivity contribution in [3.63, 3.8) is 0 Å². The van der Waals surface area contributed by atoms with Gasteiger partial charge in [0, 0.05) is 0 Å². The van der Waals surface area contributed by atoms with E-state index in [1.54, 1.807) is 0 Å². The summed E-state index contributed by atoms with van der Waals surface area (Å²) in [5.41, 5.74) is 0. The molecule has 0 aliphatic carbocycles. The van der Waals surface area contributed by atoms with Gasteiger partial charge < -0.3 is 9.47 Å². The van der Waals surface area contributed by atoms with Crippen LogP contribution in [0, 0.1) is 5.92 Å². The summed E-state index contributed by atoms with van der Waals surface area (Å²) in [7, 11) is 0.673. The molecule has 0 aromatic carbocycles. The van der Waals surface area contributed by atoms with Crippen LogP contribution in [0.15, 0.2) is 11.8 Å². The largest absolute Gasteiger partial charge is 0.473 e. The standard InChI is InChI=1S/C10H17N2O2P/c1-6(2)8-5-14-10-9-11(15-12(8)10)7(3)4-13-9/h6-8,15H,4-5H2,1-3H3/t7-,8+/m0/s1. The molecule has 3 rings (SSSR count). The lowest BCUT2D eigenvalue weighted by atomic mass is 10.1. The van der Waals surface area contributed by atoms with Gasteiger partial charge in [0.15, 0.2) is 0 Å². The zero-order chi connectivity index (χ0) is 10.6. The van der Waals surface area contributed by atoms with Crippen LogP contribution in [0.25, 0.3) is 0 Å². The number of ether oxygens (including phenoxy) is 2. The summed E-state index contributed by atoms with van der Waals surface area (Å²) < 4.78 is 16.1. The minimum atomic E-state index is 0.493. The third kappa shape index (κ3) is 1.24. The number of nitrogens with zero attached hydrogens (tertiary/aromatic N) is 2. The molecule has 5 heteroatoms. The Labute approximate surface area is 92.1 Å². The number of hydrogen-bond acceptors (Lipinski definition) is 4. The van der Waals surface area contributed by atoms with Gasteiger partial charge in [-0.25, -0.2) is 0 Å². The Morgan fingerprint density at radius 3 is 2.60 bits per heavy atom. The molecule has 1 unspecified atom stereocenters. The predicted molar refractivity (Wildman–Crippen MR) is 59.0 cm³/mol. The highest BCUT2D eigenvalue weighted by molar-refractivity contribution is 7.33. The van der Waals surface area contributed by atoms with Crippen LogP contribution in [0.1, 0.15) is 20.8 Å². The number of hydrogen-bond donors (Lipinski definition) is 0. The Morgan fingerprint density at radius 2 is 1.87 bits per heavy atom. The fourth-order valence-electron chi connectivity index (χ4n) is 2.20. The van der Waals surface area contributed by atoms with Crippen molar-refractivity contribution in [2.24, 2.45) is 5.92 Å². The van der Waals surface area contributed by atoms with Crippen LogP contribution in [0.5, 0.6) is 0 Å². The van der Waals surface area contributed by atoms with Gasteiger partial charge in [-0.2, -0.15) is 0 Å². The molecule has 0 aromatic rings. The molecule has 3 atom stereocenters. The summed E-state index contributed by atoms with van der Waals surface area (Å²) in [6.07, 6.45) is 0. The van der Waals surface area contributed by atoms with Crippen LogP contribution >= 0.6 is 8.88 Å². The Morgan fingerprint density at radius 1 is 1.20 bits per heavy atom. The van der Waals surface area contributed by atoms with E-state index >= 15 is 0 Å². The van der Waals surface area contributed by atoms with Crippen molar-refractivity contribution in [1.82, 2.24) is 9.34 Å². The Hall–Kier alpha value is -0.630. The van der Waals surface area contributed by atoms with E-state index in [-0.39, 0.29) is 0 Å². The third-order valence-electron chi connectivity index (χ3n) is 3.23. The first-order valence-electron chi connectivity index (χ1n) is 5.53. The van der Waals surface area contributed by atoms with Crippen LogP contribution in [0.3, 0.4) is 0 Å². The van der Waals surface area contributed by atoms with E-state index in [9.17, 15) is 0 Å². The molecular weight excluding hydrogens is 211 g/mol. The molecule has 15 heavy (non-hydrogen) atoms. The van der Waals surface area contributed by atoms with Gasteiger partial charge in [0.2, 0.25) is 0 Å². The average Bonchev–Trinajstić information content (AvgIpc) is 2.77. The van der Waals surface area contributed by atoms with Gasteiger partial charge in [-0.3, -0.25) is 9.34 Å². The normalized spacial score (nSPS) is 34.9. The molecule has 3 aliphatic heterocycles. The maximum absolute atomic E-state index is 5.76. The lowest BCUT2D eigenvalue weighted by Crippen LogP contribution is -2.29. The van der Waals surface area contributed by atoms with Crippen LogP contribution < -0.4 is 0 Å². The van der Waals surface area contributed by atoms with E-state index in [1.165, 1.54) is 0 Å². The second-order valence-corrected chi connectivity index (χ2v) is 5.90. The zero-order valence-corrected chi connectivity index (χ0v) is 10.4. The summed E-state index contributed by atoms with van der Waals surface area (Å²) in [6, 6.07) is 1.01. The van der Waals surface area contributed by atoms with Gasteiger partial charge in [0.1, 0.15) is 13.2 Å². The fraction of sp³-hybridized carbons (Fsp3) is 0.800. The SMILES string of the molecule is CC(C)[C@H]1COC2=C3OC[C@H](C)N3PN21. The van der Waals surface area contributed by atoms with Crippen molar-refractivity contribution in [2.75, 3.05) is 13.2 Å². The quantitative estimate of drug-likeness (QED) is 0.638. The topological polar surface area (TPSA) is 24.9 Å². The van der Waals surface area contributed by atoms with Crippen molar-refractivity contribution in [3.05, 3.63) is 11.8 Å². The van der Waals surface area contributed by atoms with Crippen LogP contribution in [0.2, 0.25) is 0 Å². The summed E-state index contributed by atoms with van der Waals surface area (Å²) in [5.74, 6) is 2.59.